The molecule has 2 aromatic carbocycles. The van der Waals surface area contributed by atoms with Crippen LogP contribution in [0.15, 0.2) is 54.7 Å². The van der Waals surface area contributed by atoms with Crippen molar-refractivity contribution in [3.8, 4) is 28.0 Å². The Kier molecular flexibility index (Phi) is 7.62. The van der Waals surface area contributed by atoms with Gasteiger partial charge in [0.1, 0.15) is 5.75 Å². The van der Waals surface area contributed by atoms with Crippen molar-refractivity contribution >= 4 is 21.4 Å². The van der Waals surface area contributed by atoms with Crippen LogP contribution in [0.3, 0.4) is 0 Å². The van der Waals surface area contributed by atoms with E-state index in [1.807, 2.05) is 39.1 Å². The van der Waals surface area contributed by atoms with Crippen LogP contribution >= 0.6 is 0 Å². The number of anilines is 2. The summed E-state index contributed by atoms with van der Waals surface area (Å²) in [6.07, 6.45) is 1.88. The molecule has 0 aliphatic carbocycles. The van der Waals surface area contributed by atoms with Gasteiger partial charge in [-0.25, -0.2) is 8.42 Å². The van der Waals surface area contributed by atoms with Crippen LogP contribution in [0, 0.1) is 12.8 Å². The van der Waals surface area contributed by atoms with Gasteiger partial charge in [-0.15, -0.1) is 0 Å². The molecule has 1 aromatic heterocycles. The Balaban J connectivity index is 1.65. The minimum Gasteiger partial charge on any atom is -0.497 e. The number of nitrogens with one attached hydrogen (secondary N) is 2. The number of hydrogen-bond donors (Lipinski definition) is 2. The Morgan fingerprint density at radius 2 is 1.74 bits per heavy atom. The van der Waals surface area contributed by atoms with Gasteiger partial charge in [0.05, 0.1) is 18.6 Å². The number of benzene rings is 2. The number of aryl methyl sites for hydroxylation is 1. The molecule has 0 amide bonds. The summed E-state index contributed by atoms with van der Waals surface area (Å²) in [4.78, 5) is 7.03. The number of piperazine rings is 1. The van der Waals surface area contributed by atoms with E-state index in [9.17, 15) is 8.42 Å². The predicted octanol–water partition coefficient (Wildman–Crippen LogP) is 4.54. The van der Waals surface area contributed by atoms with Crippen LogP contribution in [0.2, 0.25) is 0 Å². The third-order valence-corrected chi connectivity index (χ3v) is 7.70. The topological polar surface area (TPSA) is 83.6 Å². The van der Waals surface area contributed by atoms with E-state index in [1.165, 1.54) is 5.69 Å². The van der Waals surface area contributed by atoms with Gasteiger partial charge in [0, 0.05) is 61.0 Å². The molecule has 0 unspecified atom stereocenters. The second kappa shape index (κ2) is 10.7. The van der Waals surface area contributed by atoms with Crippen molar-refractivity contribution in [3.05, 3.63) is 60.4 Å². The first-order chi connectivity index (χ1) is 16.7. The zero-order valence-corrected chi connectivity index (χ0v) is 21.7. The van der Waals surface area contributed by atoms with Gasteiger partial charge in [-0.1, -0.05) is 26.0 Å². The number of hydrogen-bond acceptors (Lipinski definition) is 6. The van der Waals surface area contributed by atoms with Gasteiger partial charge in [0.2, 0.25) is 10.0 Å². The molecule has 0 bridgehead atoms. The fourth-order valence-electron chi connectivity index (χ4n) is 4.36. The van der Waals surface area contributed by atoms with Crippen molar-refractivity contribution in [2.24, 2.45) is 5.92 Å². The highest BCUT2D eigenvalue weighted by molar-refractivity contribution is 7.92. The minimum atomic E-state index is -3.46. The maximum absolute atomic E-state index is 12.5. The Morgan fingerprint density at radius 1 is 1.03 bits per heavy atom. The summed E-state index contributed by atoms with van der Waals surface area (Å²) in [6.45, 7) is 9.74. The molecular formula is C27H34N4O3S. The highest BCUT2D eigenvalue weighted by atomic mass is 32.2. The highest BCUT2D eigenvalue weighted by Gasteiger charge is 2.16. The Hall–Kier alpha value is -3.10. The van der Waals surface area contributed by atoms with E-state index in [1.54, 1.807) is 13.2 Å². The molecular weight excluding hydrogens is 460 g/mol. The molecule has 1 aliphatic rings. The first kappa shape index (κ1) is 25.0. The normalized spacial score (nSPS) is 14.3. The summed E-state index contributed by atoms with van der Waals surface area (Å²) in [5.74, 6) is 0.660. The molecule has 0 atom stereocenters. The number of sulfonamides is 1. The number of nitrogens with zero attached hydrogens (tertiary/aromatic N) is 2. The van der Waals surface area contributed by atoms with Crippen LogP contribution in [0.4, 0.5) is 11.4 Å². The van der Waals surface area contributed by atoms with Crippen LogP contribution in [-0.2, 0) is 10.0 Å². The van der Waals surface area contributed by atoms with E-state index < -0.39 is 10.0 Å². The monoisotopic (exact) mass is 494 g/mol. The maximum atomic E-state index is 12.5. The van der Waals surface area contributed by atoms with Gasteiger partial charge in [0.15, 0.2) is 0 Å². The lowest BCUT2D eigenvalue weighted by molar-refractivity contribution is 0.415. The molecule has 0 radical (unpaired) electrons. The lowest BCUT2D eigenvalue weighted by Crippen LogP contribution is -2.43. The molecule has 2 heterocycles. The number of aromatic nitrogens is 1. The molecule has 4 rings (SSSR count). The summed E-state index contributed by atoms with van der Waals surface area (Å²) in [7, 11) is -1.89. The molecule has 3 aromatic rings. The largest absolute Gasteiger partial charge is 0.497 e. The molecule has 8 heteroatoms. The summed E-state index contributed by atoms with van der Waals surface area (Å²) in [5.41, 5.74) is 6.41. The van der Waals surface area contributed by atoms with Crippen LogP contribution in [0.5, 0.6) is 5.75 Å². The van der Waals surface area contributed by atoms with Gasteiger partial charge in [-0.2, -0.15) is 0 Å². The van der Waals surface area contributed by atoms with Crippen molar-refractivity contribution in [2.45, 2.75) is 20.8 Å². The van der Waals surface area contributed by atoms with Crippen LogP contribution in [0.1, 0.15) is 19.5 Å². The average molecular weight is 495 g/mol. The van der Waals surface area contributed by atoms with Crippen molar-refractivity contribution in [3.63, 3.8) is 0 Å². The van der Waals surface area contributed by atoms with E-state index in [0.29, 0.717) is 11.4 Å². The molecule has 1 saturated heterocycles. The summed E-state index contributed by atoms with van der Waals surface area (Å²) < 4.78 is 33.2. The molecule has 186 valence electrons. The van der Waals surface area contributed by atoms with Gasteiger partial charge in [-0.05, 0) is 54.3 Å². The van der Waals surface area contributed by atoms with E-state index in [2.05, 4.69) is 50.3 Å². The minimum absolute atomic E-state index is 0.0265. The maximum Gasteiger partial charge on any atom is 0.232 e. The van der Waals surface area contributed by atoms with E-state index in [-0.39, 0.29) is 11.7 Å². The number of ether oxygens (including phenoxy) is 1. The zero-order valence-electron chi connectivity index (χ0n) is 20.8. The van der Waals surface area contributed by atoms with Gasteiger partial charge in [0.25, 0.3) is 0 Å². The van der Waals surface area contributed by atoms with Crippen molar-refractivity contribution < 1.29 is 13.2 Å². The van der Waals surface area contributed by atoms with Crippen molar-refractivity contribution in [1.29, 1.82) is 0 Å². The standard InChI is InChI=1S/C27H34N4O3S/c1-19(2)18-35(32,33)30-24-13-22(14-26(16-24)34-4)27-15-23(17-29-20(27)3)21-5-7-25(8-6-21)31-11-9-28-10-12-31/h5-8,13-17,19,28,30H,9-12,18H2,1-4H3. The zero-order chi connectivity index (χ0) is 25.0. The SMILES string of the molecule is COc1cc(NS(=O)(=O)CC(C)C)cc(-c2cc(-c3ccc(N4CCNCC4)cc3)cnc2C)c1. The quantitative estimate of drug-likeness (QED) is 0.478. The third-order valence-electron chi connectivity index (χ3n) is 6.05. The van der Waals surface area contributed by atoms with Crippen LogP contribution in [-0.4, -0.2) is 52.4 Å². The van der Waals surface area contributed by atoms with Crippen molar-refractivity contribution in [2.75, 3.05) is 48.7 Å². The van der Waals surface area contributed by atoms with Gasteiger partial charge in [-0.3, -0.25) is 9.71 Å². The molecule has 35 heavy (non-hydrogen) atoms. The molecule has 7 nitrogen and oxygen atoms in total. The Morgan fingerprint density at radius 3 is 2.40 bits per heavy atom. The first-order valence-corrected chi connectivity index (χ1v) is 13.6. The third kappa shape index (κ3) is 6.32. The molecule has 2 N–H and O–H groups in total. The predicted molar refractivity (Wildman–Crippen MR) is 144 cm³/mol. The highest BCUT2D eigenvalue weighted by Crippen LogP contribution is 2.33. The van der Waals surface area contributed by atoms with E-state index >= 15 is 0 Å². The summed E-state index contributed by atoms with van der Waals surface area (Å²) in [5, 5.41) is 3.38. The van der Waals surface area contributed by atoms with Crippen LogP contribution < -0.4 is 19.7 Å². The Bertz CT molecular complexity index is 1270. The average Bonchev–Trinajstić information content (AvgIpc) is 2.83. The van der Waals surface area contributed by atoms with Gasteiger partial charge >= 0.3 is 0 Å². The number of pyridine rings is 1. The van der Waals surface area contributed by atoms with Crippen LogP contribution in [0.25, 0.3) is 22.3 Å². The summed E-state index contributed by atoms with van der Waals surface area (Å²) >= 11 is 0. The lowest BCUT2D eigenvalue weighted by Gasteiger charge is -2.29. The Labute approximate surface area is 208 Å². The summed E-state index contributed by atoms with van der Waals surface area (Å²) in [6, 6.07) is 16.1. The number of rotatable bonds is 8. The fourth-order valence-corrected chi connectivity index (χ4v) is 5.80. The van der Waals surface area contributed by atoms with E-state index in [0.717, 1.165) is 54.1 Å². The van der Waals surface area contributed by atoms with E-state index in [4.69, 9.17) is 4.74 Å². The smallest absolute Gasteiger partial charge is 0.232 e. The molecule has 1 aliphatic heterocycles. The first-order valence-electron chi connectivity index (χ1n) is 12.0. The number of methoxy groups -OCH3 is 1. The van der Waals surface area contributed by atoms with Gasteiger partial charge < -0.3 is 15.0 Å². The lowest BCUT2D eigenvalue weighted by atomic mass is 9.98. The fraction of sp³-hybridized carbons (Fsp3) is 0.370. The second-order valence-corrected chi connectivity index (χ2v) is 11.1. The molecule has 1 fully saturated rings. The van der Waals surface area contributed by atoms with Crippen molar-refractivity contribution in [1.82, 2.24) is 10.3 Å². The molecule has 0 spiro atoms. The molecule has 0 saturated carbocycles. The second-order valence-electron chi connectivity index (χ2n) is 9.37.